The molecule has 5 heteroatoms. The average molecular weight is 343 g/mol. The number of nitrogens with zero attached hydrogens (tertiary/aromatic N) is 1. The number of nitrogens with one attached hydrogen (secondary N) is 1. The third kappa shape index (κ3) is 4.87. The molecule has 1 heterocycles. The Morgan fingerprint density at radius 3 is 2.55 bits per heavy atom. The van der Waals surface area contributed by atoms with Gasteiger partial charge in [-0.2, -0.15) is 0 Å². The van der Waals surface area contributed by atoms with E-state index in [1.807, 2.05) is 0 Å². The Morgan fingerprint density at radius 1 is 1.15 bits per heavy atom. The lowest BCUT2D eigenvalue weighted by Crippen LogP contribution is -3.00. The molecule has 0 saturated carbocycles. The molecule has 0 amide bonds. The zero-order chi connectivity index (χ0) is 13.7. The molecule has 1 aliphatic carbocycles. The van der Waals surface area contributed by atoms with Crippen molar-refractivity contribution in [1.82, 2.24) is 5.32 Å². The number of carbonyl (C=O) groups is 2. The minimum absolute atomic E-state index is 0. The van der Waals surface area contributed by atoms with Gasteiger partial charge in [0.2, 0.25) is 5.78 Å². The molecule has 1 fully saturated rings. The molecular formula is C15H23BrN2O2. The molecule has 0 aromatic carbocycles. The third-order valence-electron chi connectivity index (χ3n) is 4.04. The van der Waals surface area contributed by atoms with E-state index >= 15 is 0 Å². The summed E-state index contributed by atoms with van der Waals surface area (Å²) < 4.78 is 1.15. The fraction of sp³-hybridized carbons (Fsp3) is 0.600. The van der Waals surface area contributed by atoms with Crippen LogP contribution in [-0.2, 0) is 9.59 Å². The first kappa shape index (κ1) is 17.1. The number of likely N-dealkylation sites (tertiary alicyclic amines) is 1. The first-order valence-electron chi connectivity index (χ1n) is 7.15. The summed E-state index contributed by atoms with van der Waals surface area (Å²) in [4.78, 5) is 22.7. The van der Waals surface area contributed by atoms with E-state index in [0.29, 0.717) is 5.70 Å². The van der Waals surface area contributed by atoms with Crippen molar-refractivity contribution < 1.29 is 31.1 Å². The van der Waals surface area contributed by atoms with Crippen LogP contribution in [0, 0.1) is 0 Å². The number of hydrogen-bond acceptors (Lipinski definition) is 3. The Kier molecular flexibility index (Phi) is 6.62. The van der Waals surface area contributed by atoms with Gasteiger partial charge in [0.25, 0.3) is 0 Å². The van der Waals surface area contributed by atoms with Gasteiger partial charge in [0.05, 0.1) is 32.4 Å². The van der Waals surface area contributed by atoms with Crippen LogP contribution in [0.5, 0.6) is 0 Å². The van der Waals surface area contributed by atoms with Crippen LogP contribution in [-0.4, -0.2) is 49.3 Å². The summed E-state index contributed by atoms with van der Waals surface area (Å²) in [5.41, 5.74) is 0.439. The smallest absolute Gasteiger partial charge is 0.201 e. The summed E-state index contributed by atoms with van der Waals surface area (Å²) in [5, 5.41) is 3.09. The van der Waals surface area contributed by atoms with E-state index in [-0.39, 0.29) is 28.5 Å². The van der Waals surface area contributed by atoms with E-state index in [1.165, 1.54) is 50.6 Å². The number of rotatable bonds is 5. The standard InChI is InChI=1S/C15H22N2O2.BrH/c1-17(9-3-2-4-10-17)11-5-8-16-14-12-13(18)6-7-15(14)19;/h6-7,12H,2-5,8-11H2,1H3;1H. The molecule has 2 rings (SSSR count). The molecule has 0 atom stereocenters. The Morgan fingerprint density at radius 2 is 1.85 bits per heavy atom. The summed E-state index contributed by atoms with van der Waals surface area (Å²) >= 11 is 0. The molecule has 0 unspecified atom stereocenters. The summed E-state index contributed by atoms with van der Waals surface area (Å²) in [6, 6.07) is 0. The molecule has 0 aromatic rings. The SMILES string of the molecule is C[N+]1(CCCNC2=CC(=O)C=CC2=O)CCCCC1.[Br-]. The molecule has 4 nitrogen and oxygen atoms in total. The predicted molar refractivity (Wildman–Crippen MR) is 74.5 cm³/mol. The van der Waals surface area contributed by atoms with Gasteiger partial charge in [-0.3, -0.25) is 9.59 Å². The van der Waals surface area contributed by atoms with Crippen molar-refractivity contribution in [3.05, 3.63) is 23.9 Å². The van der Waals surface area contributed by atoms with Crippen molar-refractivity contribution in [2.75, 3.05) is 33.2 Å². The number of carbonyl (C=O) groups excluding carboxylic acids is 2. The Labute approximate surface area is 131 Å². The zero-order valence-corrected chi connectivity index (χ0v) is 13.6. The molecule has 20 heavy (non-hydrogen) atoms. The number of hydrogen-bond donors (Lipinski definition) is 1. The molecule has 112 valence electrons. The number of piperidine rings is 1. The maximum atomic E-state index is 11.5. The highest BCUT2D eigenvalue weighted by atomic mass is 79.9. The molecule has 0 bridgehead atoms. The molecule has 1 N–H and O–H groups in total. The van der Waals surface area contributed by atoms with Gasteiger partial charge in [-0.1, -0.05) is 0 Å². The minimum atomic E-state index is -0.114. The Bertz CT molecular complexity index is 424. The van der Waals surface area contributed by atoms with E-state index in [2.05, 4.69) is 12.4 Å². The quantitative estimate of drug-likeness (QED) is 0.364. The van der Waals surface area contributed by atoms with E-state index in [0.717, 1.165) is 24.0 Å². The van der Waals surface area contributed by atoms with Crippen LogP contribution in [0.15, 0.2) is 23.9 Å². The van der Waals surface area contributed by atoms with Crippen molar-refractivity contribution in [1.29, 1.82) is 0 Å². The number of quaternary nitrogens is 1. The van der Waals surface area contributed by atoms with Crippen LogP contribution in [0.3, 0.4) is 0 Å². The fourth-order valence-electron chi connectivity index (χ4n) is 2.83. The van der Waals surface area contributed by atoms with Gasteiger partial charge in [-0.05, 0) is 31.4 Å². The van der Waals surface area contributed by atoms with E-state index < -0.39 is 0 Å². The average Bonchev–Trinajstić information content (AvgIpc) is 2.39. The molecule has 0 radical (unpaired) electrons. The van der Waals surface area contributed by atoms with Crippen LogP contribution in [0.2, 0.25) is 0 Å². The monoisotopic (exact) mass is 342 g/mol. The van der Waals surface area contributed by atoms with E-state index in [1.54, 1.807) is 0 Å². The molecule has 0 aromatic heterocycles. The second-order valence-electron chi connectivity index (χ2n) is 5.79. The molecule has 1 aliphatic heterocycles. The lowest BCUT2D eigenvalue weighted by molar-refractivity contribution is -0.914. The maximum absolute atomic E-state index is 11.5. The van der Waals surface area contributed by atoms with Crippen LogP contribution in [0.25, 0.3) is 0 Å². The van der Waals surface area contributed by atoms with Gasteiger partial charge < -0.3 is 26.8 Å². The molecule has 0 spiro atoms. The lowest BCUT2D eigenvalue weighted by atomic mass is 10.1. The highest BCUT2D eigenvalue weighted by Gasteiger charge is 2.23. The van der Waals surface area contributed by atoms with Crippen molar-refractivity contribution in [3.8, 4) is 0 Å². The largest absolute Gasteiger partial charge is 1.00 e. The van der Waals surface area contributed by atoms with Crippen LogP contribution >= 0.6 is 0 Å². The van der Waals surface area contributed by atoms with Crippen molar-refractivity contribution in [2.24, 2.45) is 0 Å². The Balaban J connectivity index is 0.00000200. The molecular weight excluding hydrogens is 320 g/mol. The first-order chi connectivity index (χ1) is 9.09. The van der Waals surface area contributed by atoms with Gasteiger partial charge in [0.1, 0.15) is 0 Å². The second-order valence-corrected chi connectivity index (χ2v) is 5.79. The maximum Gasteiger partial charge on any atom is 0.201 e. The van der Waals surface area contributed by atoms with Crippen molar-refractivity contribution in [3.63, 3.8) is 0 Å². The third-order valence-corrected chi connectivity index (χ3v) is 4.04. The highest BCUT2D eigenvalue weighted by molar-refractivity contribution is 6.16. The lowest BCUT2D eigenvalue weighted by Gasteiger charge is -2.37. The van der Waals surface area contributed by atoms with Gasteiger partial charge in [0, 0.05) is 19.0 Å². The van der Waals surface area contributed by atoms with Gasteiger partial charge in [-0.25, -0.2) is 0 Å². The van der Waals surface area contributed by atoms with Crippen LogP contribution < -0.4 is 22.3 Å². The first-order valence-corrected chi connectivity index (χ1v) is 7.15. The number of halogens is 1. The topological polar surface area (TPSA) is 46.2 Å². The number of allylic oxidation sites excluding steroid dienone is 3. The summed E-state index contributed by atoms with van der Waals surface area (Å²) in [7, 11) is 2.32. The predicted octanol–water partition coefficient (Wildman–Crippen LogP) is -1.81. The van der Waals surface area contributed by atoms with Gasteiger partial charge >= 0.3 is 0 Å². The fourth-order valence-corrected chi connectivity index (χ4v) is 2.83. The normalized spacial score (nSPS) is 21.1. The zero-order valence-electron chi connectivity index (χ0n) is 12.0. The van der Waals surface area contributed by atoms with Crippen molar-refractivity contribution >= 4 is 11.6 Å². The summed E-state index contributed by atoms with van der Waals surface area (Å²) in [6.45, 7) is 4.43. The highest BCUT2D eigenvalue weighted by Crippen LogP contribution is 2.16. The van der Waals surface area contributed by atoms with Crippen LogP contribution in [0.1, 0.15) is 25.7 Å². The van der Waals surface area contributed by atoms with E-state index in [4.69, 9.17) is 0 Å². The summed E-state index contributed by atoms with van der Waals surface area (Å²) in [6.07, 6.45) is 9.08. The van der Waals surface area contributed by atoms with Crippen molar-refractivity contribution in [2.45, 2.75) is 25.7 Å². The van der Waals surface area contributed by atoms with Gasteiger partial charge in [0.15, 0.2) is 5.78 Å². The van der Waals surface area contributed by atoms with Gasteiger partial charge in [-0.15, -0.1) is 0 Å². The van der Waals surface area contributed by atoms with Crippen LogP contribution in [0.4, 0.5) is 0 Å². The minimum Gasteiger partial charge on any atom is -1.00 e. The number of ketones is 2. The Hall–Kier alpha value is -0.940. The van der Waals surface area contributed by atoms with E-state index in [9.17, 15) is 9.59 Å². The second kappa shape index (κ2) is 7.74. The summed E-state index contributed by atoms with van der Waals surface area (Å²) in [5.74, 6) is -0.213. The molecule has 1 saturated heterocycles. The molecule has 2 aliphatic rings.